The Bertz CT molecular complexity index is 394. The Balaban J connectivity index is 2.50. The van der Waals surface area contributed by atoms with Gasteiger partial charge in [0.1, 0.15) is 19.7 Å². The van der Waals surface area contributed by atoms with Gasteiger partial charge < -0.3 is 10.2 Å². The number of nitrogens with zero attached hydrogens (tertiary/aromatic N) is 2. The van der Waals surface area contributed by atoms with Gasteiger partial charge in [-0.25, -0.2) is 4.98 Å². The molecule has 1 atom stereocenters. The van der Waals surface area contributed by atoms with E-state index in [9.17, 15) is 4.79 Å². The number of aromatic nitrogens is 1. The minimum Gasteiger partial charge on any atom is -0.357 e. The molecule has 1 aromatic heterocycles. The number of nitrogens with one attached hydrogen (secondary N) is 1. The van der Waals surface area contributed by atoms with Crippen molar-refractivity contribution in [1.29, 1.82) is 0 Å². The van der Waals surface area contributed by atoms with Gasteiger partial charge in [0.15, 0.2) is 0 Å². The highest BCUT2D eigenvalue weighted by atomic mass is 16.2. The lowest BCUT2D eigenvalue weighted by molar-refractivity contribution is -0.118. The van der Waals surface area contributed by atoms with Crippen LogP contribution in [0.4, 0.5) is 11.5 Å². The summed E-state index contributed by atoms with van der Waals surface area (Å²) in [5.74, 6) is 0.698. The van der Waals surface area contributed by atoms with Gasteiger partial charge in [0, 0.05) is 7.05 Å². The third-order valence-electron chi connectivity index (χ3n) is 2.31. The molecule has 2 heterocycles. The highest BCUT2D eigenvalue weighted by molar-refractivity contribution is 6.31. The summed E-state index contributed by atoms with van der Waals surface area (Å²) in [6, 6.07) is 3.22. The minimum absolute atomic E-state index is 0.0315. The molecule has 5 heteroatoms. The van der Waals surface area contributed by atoms with Crippen LogP contribution in [0.25, 0.3) is 0 Å². The van der Waals surface area contributed by atoms with E-state index in [1.165, 1.54) is 0 Å². The quantitative estimate of drug-likeness (QED) is 0.564. The maximum Gasteiger partial charge on any atom is 0.249 e. The summed E-state index contributed by atoms with van der Waals surface area (Å²) in [5, 5.41) is 3.00. The Morgan fingerprint density at radius 1 is 1.57 bits per heavy atom. The summed E-state index contributed by atoms with van der Waals surface area (Å²) in [6.45, 7) is 1.80. The third-order valence-corrected chi connectivity index (χ3v) is 2.31. The number of rotatable bonds is 0. The number of carbonyl (C=O) groups is 1. The topological polar surface area (TPSA) is 45.2 Å². The van der Waals surface area contributed by atoms with Crippen molar-refractivity contribution in [2.45, 2.75) is 13.0 Å². The average Bonchev–Trinajstić information content (AvgIpc) is 2.14. The molecule has 1 N–H and O–H groups in total. The second-order valence-electron chi connectivity index (χ2n) is 3.37. The molecule has 0 aromatic carbocycles. The van der Waals surface area contributed by atoms with Crippen molar-refractivity contribution in [2.75, 3.05) is 17.3 Å². The average molecular weight is 187 g/mol. The fourth-order valence-corrected chi connectivity index (χ4v) is 1.52. The molecular formula is C9H10BN3O. The van der Waals surface area contributed by atoms with Crippen LogP contribution in [0.2, 0.25) is 0 Å². The summed E-state index contributed by atoms with van der Waals surface area (Å²) in [6.07, 6.45) is 0. The van der Waals surface area contributed by atoms with Gasteiger partial charge >= 0.3 is 0 Å². The van der Waals surface area contributed by atoms with Crippen molar-refractivity contribution in [3.05, 3.63) is 12.1 Å². The van der Waals surface area contributed by atoms with Crippen LogP contribution in [-0.2, 0) is 4.79 Å². The van der Waals surface area contributed by atoms with Crippen molar-refractivity contribution in [2.24, 2.45) is 0 Å². The van der Waals surface area contributed by atoms with E-state index in [-0.39, 0.29) is 11.9 Å². The van der Waals surface area contributed by atoms with Crippen LogP contribution in [0, 0.1) is 0 Å². The third kappa shape index (κ3) is 1.25. The number of hydrogen-bond donors (Lipinski definition) is 1. The Morgan fingerprint density at radius 2 is 2.29 bits per heavy atom. The maximum absolute atomic E-state index is 11.6. The van der Waals surface area contributed by atoms with Crippen molar-refractivity contribution >= 4 is 30.9 Å². The van der Waals surface area contributed by atoms with Crippen LogP contribution in [-0.4, -0.2) is 31.8 Å². The molecule has 1 aliphatic rings. The number of amides is 1. The summed E-state index contributed by atoms with van der Waals surface area (Å²) in [5.41, 5.74) is 1.22. The molecule has 14 heavy (non-hydrogen) atoms. The van der Waals surface area contributed by atoms with Gasteiger partial charge in [-0.15, -0.1) is 0 Å². The standard InChI is InChI=1S/C9H10BN3O/c1-5-9(14)13(2)6-3-4-7(10)12-8(6)11-5/h3-5H,1-2H3,(H,11,12)/t5-/m1/s1. The Morgan fingerprint density at radius 3 is 3.00 bits per heavy atom. The van der Waals surface area contributed by atoms with Crippen LogP contribution < -0.4 is 15.8 Å². The molecule has 1 aliphatic heterocycles. The summed E-state index contributed by atoms with van der Waals surface area (Å²) >= 11 is 0. The van der Waals surface area contributed by atoms with Gasteiger partial charge in [0.2, 0.25) is 5.91 Å². The fourth-order valence-electron chi connectivity index (χ4n) is 1.52. The van der Waals surface area contributed by atoms with Crippen LogP contribution in [0.1, 0.15) is 6.92 Å². The molecule has 1 amide bonds. The van der Waals surface area contributed by atoms with Crippen molar-refractivity contribution in [1.82, 2.24) is 4.98 Å². The predicted octanol–water partition coefficient (Wildman–Crippen LogP) is -0.348. The van der Waals surface area contributed by atoms with Crippen LogP contribution >= 0.6 is 0 Å². The molecule has 0 saturated heterocycles. The summed E-state index contributed by atoms with van der Waals surface area (Å²) < 4.78 is 0. The summed E-state index contributed by atoms with van der Waals surface area (Å²) in [7, 11) is 7.29. The van der Waals surface area contributed by atoms with Crippen LogP contribution in [0.5, 0.6) is 0 Å². The smallest absolute Gasteiger partial charge is 0.249 e. The Kier molecular flexibility index (Phi) is 1.95. The first-order valence-corrected chi connectivity index (χ1v) is 4.40. The maximum atomic E-state index is 11.6. The Labute approximate surface area is 83.7 Å². The molecule has 2 rings (SSSR count). The molecule has 0 unspecified atom stereocenters. The number of carbonyl (C=O) groups excluding carboxylic acids is 1. The van der Waals surface area contributed by atoms with Crippen LogP contribution in [0.3, 0.4) is 0 Å². The molecule has 2 radical (unpaired) electrons. The zero-order valence-corrected chi connectivity index (χ0v) is 8.11. The minimum atomic E-state index is -0.248. The van der Waals surface area contributed by atoms with E-state index in [1.54, 1.807) is 31.0 Å². The largest absolute Gasteiger partial charge is 0.357 e. The zero-order valence-electron chi connectivity index (χ0n) is 8.11. The molecular weight excluding hydrogens is 177 g/mol. The van der Waals surface area contributed by atoms with Gasteiger partial charge in [0.05, 0.1) is 5.69 Å². The lowest BCUT2D eigenvalue weighted by Gasteiger charge is -2.30. The normalized spacial score (nSPS) is 20.3. The number of likely N-dealkylation sites (N-methyl/N-ethyl adjacent to an activating group) is 1. The lowest BCUT2D eigenvalue weighted by atomic mass is 10.0. The Hall–Kier alpha value is -1.52. The van der Waals surface area contributed by atoms with E-state index < -0.39 is 0 Å². The first-order chi connectivity index (χ1) is 6.59. The monoisotopic (exact) mass is 187 g/mol. The molecule has 1 aromatic rings. The van der Waals surface area contributed by atoms with Crippen LogP contribution in [0.15, 0.2) is 12.1 Å². The molecule has 0 spiro atoms. The molecule has 70 valence electrons. The highest BCUT2D eigenvalue weighted by Gasteiger charge is 2.27. The van der Waals surface area contributed by atoms with Gasteiger partial charge in [-0.2, -0.15) is 0 Å². The van der Waals surface area contributed by atoms with E-state index >= 15 is 0 Å². The first kappa shape index (κ1) is 9.06. The second-order valence-corrected chi connectivity index (χ2v) is 3.37. The summed E-state index contributed by atoms with van der Waals surface area (Å²) in [4.78, 5) is 17.3. The number of anilines is 2. The predicted molar refractivity (Wildman–Crippen MR) is 56.1 cm³/mol. The molecule has 0 fully saturated rings. The SMILES string of the molecule is [B]c1ccc2c(n1)N[C@H](C)C(=O)N2C. The van der Waals surface area contributed by atoms with Crippen molar-refractivity contribution < 1.29 is 4.79 Å². The number of hydrogen-bond acceptors (Lipinski definition) is 3. The second kappa shape index (κ2) is 3.01. The molecule has 4 nitrogen and oxygen atoms in total. The van der Waals surface area contributed by atoms with E-state index in [2.05, 4.69) is 10.3 Å². The molecule has 0 bridgehead atoms. The highest BCUT2D eigenvalue weighted by Crippen LogP contribution is 2.26. The lowest BCUT2D eigenvalue weighted by Crippen LogP contribution is -2.44. The van der Waals surface area contributed by atoms with Gasteiger partial charge in [0.25, 0.3) is 0 Å². The number of pyridine rings is 1. The zero-order chi connectivity index (χ0) is 10.3. The van der Waals surface area contributed by atoms with Gasteiger partial charge in [-0.05, 0) is 24.6 Å². The van der Waals surface area contributed by atoms with Crippen molar-refractivity contribution in [3.63, 3.8) is 0 Å². The molecule has 0 aliphatic carbocycles. The molecule has 0 saturated carbocycles. The number of fused-ring (bicyclic) bond motifs is 1. The van der Waals surface area contributed by atoms with E-state index in [1.807, 2.05) is 0 Å². The van der Waals surface area contributed by atoms with Gasteiger partial charge in [-0.3, -0.25) is 4.79 Å². The van der Waals surface area contributed by atoms with Crippen molar-refractivity contribution in [3.8, 4) is 0 Å². The van der Waals surface area contributed by atoms with E-state index in [4.69, 9.17) is 7.85 Å². The van der Waals surface area contributed by atoms with E-state index in [0.29, 0.717) is 11.4 Å². The first-order valence-electron chi connectivity index (χ1n) is 4.40. The van der Waals surface area contributed by atoms with Gasteiger partial charge in [-0.1, -0.05) is 0 Å². The fraction of sp³-hybridized carbons (Fsp3) is 0.333. The van der Waals surface area contributed by atoms with E-state index in [0.717, 1.165) is 5.69 Å².